The zero-order valence-corrected chi connectivity index (χ0v) is 12.1. The van der Waals surface area contributed by atoms with Crippen LogP contribution in [0.5, 0.6) is 0 Å². The maximum absolute atomic E-state index is 12.0. The van der Waals surface area contributed by atoms with Gasteiger partial charge in [0.25, 0.3) is 5.91 Å². The monoisotopic (exact) mass is 304 g/mol. The van der Waals surface area contributed by atoms with Gasteiger partial charge in [0.1, 0.15) is 5.71 Å². The normalized spacial score (nSPS) is 15.3. The second kappa shape index (κ2) is 4.93. The van der Waals surface area contributed by atoms with E-state index in [2.05, 4.69) is 10.3 Å². The number of halogens is 2. The zero-order chi connectivity index (χ0) is 14.3. The van der Waals surface area contributed by atoms with E-state index in [-0.39, 0.29) is 5.91 Å². The molecule has 3 rings (SSSR count). The van der Waals surface area contributed by atoms with Gasteiger partial charge in [0.05, 0.1) is 16.4 Å². The summed E-state index contributed by atoms with van der Waals surface area (Å²) in [5.41, 5.74) is 3.52. The fourth-order valence-corrected chi connectivity index (χ4v) is 2.52. The zero-order valence-electron chi connectivity index (χ0n) is 10.6. The number of aliphatic imine (C=N–C) groups is 1. The van der Waals surface area contributed by atoms with E-state index in [0.717, 1.165) is 16.8 Å². The molecule has 0 bridgehead atoms. The number of hydrogen-bond donors (Lipinski definition) is 1. The van der Waals surface area contributed by atoms with E-state index in [4.69, 9.17) is 23.2 Å². The summed E-state index contributed by atoms with van der Waals surface area (Å²) in [6.45, 7) is 1.97. The Labute approximate surface area is 126 Å². The van der Waals surface area contributed by atoms with Gasteiger partial charge in [-0.1, -0.05) is 34.8 Å². The summed E-state index contributed by atoms with van der Waals surface area (Å²) in [4.78, 5) is 16.4. The van der Waals surface area contributed by atoms with Crippen molar-refractivity contribution in [2.45, 2.75) is 6.92 Å². The Morgan fingerprint density at radius 1 is 1.10 bits per heavy atom. The van der Waals surface area contributed by atoms with Crippen molar-refractivity contribution in [1.29, 1.82) is 0 Å². The van der Waals surface area contributed by atoms with Gasteiger partial charge >= 0.3 is 0 Å². The molecule has 1 aliphatic rings. The number of amides is 1. The van der Waals surface area contributed by atoms with Crippen LogP contribution in [-0.4, -0.2) is 11.6 Å². The van der Waals surface area contributed by atoms with Gasteiger partial charge in [0.15, 0.2) is 0 Å². The highest BCUT2D eigenvalue weighted by Gasteiger charge is 2.26. The molecule has 0 fully saturated rings. The Kier molecular flexibility index (Phi) is 3.24. The highest BCUT2D eigenvalue weighted by molar-refractivity contribution is 6.54. The first kappa shape index (κ1) is 13.2. The Bertz CT molecular complexity index is 754. The summed E-state index contributed by atoms with van der Waals surface area (Å²) >= 11 is 11.9. The van der Waals surface area contributed by atoms with Gasteiger partial charge in [-0.2, -0.15) is 0 Å². The quantitative estimate of drug-likeness (QED) is 0.835. The van der Waals surface area contributed by atoms with Crippen molar-refractivity contribution >= 4 is 46.2 Å². The molecule has 0 aliphatic carbocycles. The van der Waals surface area contributed by atoms with Crippen molar-refractivity contribution in [2.75, 3.05) is 5.32 Å². The number of carbonyl (C=O) groups is 1. The minimum Gasteiger partial charge on any atom is -0.320 e. The third-order valence-electron chi connectivity index (χ3n) is 3.04. The molecule has 1 heterocycles. The number of carbonyl (C=O) groups excluding carboxylic acids is 1. The molecule has 0 unspecified atom stereocenters. The summed E-state index contributed by atoms with van der Waals surface area (Å²) in [6, 6.07) is 10.7. The van der Waals surface area contributed by atoms with Gasteiger partial charge in [-0.15, -0.1) is 0 Å². The van der Waals surface area contributed by atoms with Crippen LogP contribution in [0.4, 0.5) is 11.4 Å². The molecule has 0 spiro atoms. The molecule has 1 N–H and O–H groups in total. The lowest BCUT2D eigenvalue weighted by Gasteiger charge is -2.02. The molecule has 1 aliphatic heterocycles. The van der Waals surface area contributed by atoms with Crippen LogP contribution in [0.3, 0.4) is 0 Å². The predicted molar refractivity (Wildman–Crippen MR) is 82.5 cm³/mol. The van der Waals surface area contributed by atoms with Crippen molar-refractivity contribution in [3.8, 4) is 0 Å². The topological polar surface area (TPSA) is 41.5 Å². The molecule has 0 saturated carbocycles. The number of fused-ring (bicyclic) bond motifs is 1. The number of benzene rings is 2. The molecule has 2 aromatic rings. The lowest BCUT2D eigenvalue weighted by molar-refractivity contribution is -0.110. The van der Waals surface area contributed by atoms with Crippen molar-refractivity contribution in [3.05, 3.63) is 57.6 Å². The largest absolute Gasteiger partial charge is 0.320 e. The highest BCUT2D eigenvalue weighted by atomic mass is 35.5. The number of nitrogens with one attached hydrogen (secondary N) is 1. The summed E-state index contributed by atoms with van der Waals surface area (Å²) < 4.78 is 0. The molecule has 0 aromatic heterocycles. The van der Waals surface area contributed by atoms with Crippen LogP contribution in [0.2, 0.25) is 10.0 Å². The number of anilines is 1. The molecule has 0 atom stereocenters. The summed E-state index contributed by atoms with van der Waals surface area (Å²) in [5.74, 6) is -0.225. The van der Waals surface area contributed by atoms with Crippen LogP contribution in [0, 0.1) is 6.92 Å². The second-order valence-electron chi connectivity index (χ2n) is 4.56. The number of aryl methyl sites for hydroxylation is 1. The average Bonchev–Trinajstić information content (AvgIpc) is 2.69. The van der Waals surface area contributed by atoms with E-state index >= 15 is 0 Å². The van der Waals surface area contributed by atoms with Crippen LogP contribution < -0.4 is 5.32 Å². The van der Waals surface area contributed by atoms with E-state index in [1.807, 2.05) is 25.1 Å². The van der Waals surface area contributed by atoms with E-state index in [1.165, 1.54) is 0 Å². The fraction of sp³-hybridized carbons (Fsp3) is 0.0667. The third kappa shape index (κ3) is 2.30. The van der Waals surface area contributed by atoms with E-state index in [0.29, 0.717) is 21.4 Å². The molecular formula is C15H10Cl2N2O. The molecule has 0 radical (unpaired) electrons. The third-order valence-corrected chi connectivity index (χ3v) is 3.57. The van der Waals surface area contributed by atoms with Crippen molar-refractivity contribution in [2.24, 2.45) is 4.99 Å². The smallest absolute Gasteiger partial charge is 0.275 e. The Hall–Kier alpha value is -1.84. The van der Waals surface area contributed by atoms with Gasteiger partial charge in [0, 0.05) is 10.6 Å². The minimum atomic E-state index is -0.225. The van der Waals surface area contributed by atoms with Crippen molar-refractivity contribution in [1.82, 2.24) is 0 Å². The van der Waals surface area contributed by atoms with Gasteiger partial charge in [-0.25, -0.2) is 4.99 Å². The van der Waals surface area contributed by atoms with Gasteiger partial charge in [-0.05, 0) is 37.3 Å². The van der Waals surface area contributed by atoms with Crippen LogP contribution in [-0.2, 0) is 4.79 Å². The maximum atomic E-state index is 12.0. The van der Waals surface area contributed by atoms with Crippen LogP contribution in [0.25, 0.3) is 0 Å². The van der Waals surface area contributed by atoms with Gasteiger partial charge in [-0.3, -0.25) is 4.79 Å². The highest BCUT2D eigenvalue weighted by Crippen LogP contribution is 2.31. The molecule has 1 amide bonds. The number of rotatable bonds is 1. The second-order valence-corrected chi connectivity index (χ2v) is 5.40. The minimum absolute atomic E-state index is 0.225. The Morgan fingerprint density at radius 2 is 1.90 bits per heavy atom. The molecule has 20 heavy (non-hydrogen) atoms. The summed E-state index contributed by atoms with van der Waals surface area (Å²) in [6.07, 6.45) is 0. The summed E-state index contributed by atoms with van der Waals surface area (Å²) in [5, 5.41) is 3.74. The lowest BCUT2D eigenvalue weighted by atomic mass is 10.1. The first-order valence-electron chi connectivity index (χ1n) is 6.01. The molecule has 0 saturated heterocycles. The molecule has 5 heteroatoms. The van der Waals surface area contributed by atoms with E-state index in [1.54, 1.807) is 18.2 Å². The van der Waals surface area contributed by atoms with E-state index < -0.39 is 0 Å². The van der Waals surface area contributed by atoms with Gasteiger partial charge < -0.3 is 5.32 Å². The van der Waals surface area contributed by atoms with Crippen molar-refractivity contribution in [3.63, 3.8) is 0 Å². The SMILES string of the molecule is Cc1ccc2c(c1)C(=Nc1ccc(Cl)cc1Cl)C(=O)N2. The van der Waals surface area contributed by atoms with Crippen molar-refractivity contribution < 1.29 is 4.79 Å². The number of nitrogens with zero attached hydrogens (tertiary/aromatic N) is 1. The molecule has 2 aromatic carbocycles. The molecular weight excluding hydrogens is 295 g/mol. The Morgan fingerprint density at radius 3 is 2.65 bits per heavy atom. The average molecular weight is 305 g/mol. The van der Waals surface area contributed by atoms with E-state index in [9.17, 15) is 4.79 Å². The predicted octanol–water partition coefficient (Wildman–Crippen LogP) is 4.37. The standard InChI is InChI=1S/C15H10Cl2N2O/c1-8-2-4-12-10(6-8)14(15(20)19-12)18-13-5-3-9(16)7-11(13)17/h2-7H,1H3,(H,18,19,20). The molecule has 3 nitrogen and oxygen atoms in total. The lowest BCUT2D eigenvalue weighted by Crippen LogP contribution is -2.13. The van der Waals surface area contributed by atoms with Crippen LogP contribution in [0.15, 0.2) is 41.4 Å². The Balaban J connectivity index is 2.13. The van der Waals surface area contributed by atoms with Gasteiger partial charge in [0.2, 0.25) is 0 Å². The number of hydrogen-bond acceptors (Lipinski definition) is 2. The van der Waals surface area contributed by atoms with Crippen LogP contribution >= 0.6 is 23.2 Å². The van der Waals surface area contributed by atoms with Crippen LogP contribution in [0.1, 0.15) is 11.1 Å². The first-order valence-corrected chi connectivity index (χ1v) is 6.76. The fourth-order valence-electron chi connectivity index (χ4n) is 2.07. The summed E-state index contributed by atoms with van der Waals surface area (Å²) in [7, 11) is 0. The molecule has 100 valence electrons. The first-order chi connectivity index (χ1) is 9.54. The maximum Gasteiger partial charge on any atom is 0.275 e.